The van der Waals surface area contributed by atoms with Crippen molar-refractivity contribution in [1.82, 2.24) is 9.78 Å². The van der Waals surface area contributed by atoms with E-state index < -0.39 is 11.9 Å². The average Bonchev–Trinajstić information content (AvgIpc) is 2.71. The normalized spacial score (nSPS) is 10.6. The fraction of sp³-hybridized carbons (Fsp3) is 0.300. The third-order valence-corrected chi connectivity index (χ3v) is 1.80. The van der Waals surface area contributed by atoms with Crippen molar-refractivity contribution in [3.63, 3.8) is 0 Å². The van der Waals surface area contributed by atoms with Crippen LogP contribution in [0.3, 0.4) is 0 Å². The van der Waals surface area contributed by atoms with Gasteiger partial charge in [0.15, 0.2) is 0 Å². The van der Waals surface area contributed by atoms with E-state index in [1.807, 2.05) is 0 Å². The zero-order chi connectivity index (χ0) is 12.7. The molecular formula is C10H13N3O4. The van der Waals surface area contributed by atoms with Gasteiger partial charge < -0.3 is 15.2 Å². The molecule has 0 radical (unpaired) electrons. The van der Waals surface area contributed by atoms with Gasteiger partial charge in [-0.3, -0.25) is 9.48 Å². The Kier molecular flexibility index (Phi) is 4.89. The predicted molar refractivity (Wildman–Crippen MR) is 59.5 cm³/mol. The van der Waals surface area contributed by atoms with E-state index in [2.05, 4.69) is 10.4 Å². The standard InChI is InChI=1S/C10H13N3O4/c1-17-5-4-13-7-8(6-11-13)12-9(14)2-3-10(15)16/h2-3,6-7H,4-5H2,1H3,(H,12,14)(H,15,16)/b3-2+. The van der Waals surface area contributed by atoms with E-state index in [4.69, 9.17) is 9.84 Å². The minimum absolute atomic E-state index is 0.501. The first-order valence-electron chi connectivity index (χ1n) is 4.85. The van der Waals surface area contributed by atoms with Gasteiger partial charge in [-0.05, 0) is 0 Å². The fourth-order valence-corrected chi connectivity index (χ4v) is 1.07. The maximum atomic E-state index is 11.2. The maximum absolute atomic E-state index is 11.2. The summed E-state index contributed by atoms with van der Waals surface area (Å²) in [6.45, 7) is 1.10. The Labute approximate surface area is 97.7 Å². The molecule has 0 saturated heterocycles. The quantitative estimate of drug-likeness (QED) is 0.687. The molecule has 17 heavy (non-hydrogen) atoms. The Balaban J connectivity index is 2.48. The van der Waals surface area contributed by atoms with Gasteiger partial charge >= 0.3 is 5.97 Å². The Morgan fingerprint density at radius 1 is 1.59 bits per heavy atom. The summed E-state index contributed by atoms with van der Waals surface area (Å²) < 4.78 is 6.49. The number of aliphatic carboxylic acids is 1. The Bertz CT molecular complexity index is 425. The number of carboxylic acid groups (broad SMARTS) is 1. The molecule has 7 nitrogen and oxygen atoms in total. The lowest BCUT2D eigenvalue weighted by Gasteiger charge is -1.98. The zero-order valence-corrected chi connectivity index (χ0v) is 9.29. The van der Waals surface area contributed by atoms with Gasteiger partial charge in [-0.1, -0.05) is 0 Å². The number of anilines is 1. The number of carbonyl (C=O) groups excluding carboxylic acids is 1. The fourth-order valence-electron chi connectivity index (χ4n) is 1.07. The Hall–Kier alpha value is -2.15. The molecule has 2 N–H and O–H groups in total. The molecule has 0 fully saturated rings. The van der Waals surface area contributed by atoms with Gasteiger partial charge in [0.25, 0.3) is 0 Å². The van der Waals surface area contributed by atoms with Gasteiger partial charge in [0, 0.05) is 25.5 Å². The van der Waals surface area contributed by atoms with Crippen LogP contribution in [0.25, 0.3) is 0 Å². The minimum Gasteiger partial charge on any atom is -0.478 e. The van der Waals surface area contributed by atoms with Crippen LogP contribution in [0.4, 0.5) is 5.69 Å². The molecule has 92 valence electrons. The molecule has 1 aromatic heterocycles. The highest BCUT2D eigenvalue weighted by atomic mass is 16.5. The molecule has 0 saturated carbocycles. The number of carbonyl (C=O) groups is 2. The lowest BCUT2D eigenvalue weighted by molar-refractivity contribution is -0.131. The van der Waals surface area contributed by atoms with Gasteiger partial charge in [-0.15, -0.1) is 0 Å². The van der Waals surface area contributed by atoms with Crippen LogP contribution in [-0.4, -0.2) is 40.5 Å². The lowest BCUT2D eigenvalue weighted by Crippen LogP contribution is -2.08. The van der Waals surface area contributed by atoms with Crippen molar-refractivity contribution in [2.45, 2.75) is 6.54 Å². The smallest absolute Gasteiger partial charge is 0.328 e. The first-order chi connectivity index (χ1) is 8.11. The average molecular weight is 239 g/mol. The van der Waals surface area contributed by atoms with E-state index in [0.29, 0.717) is 18.8 Å². The summed E-state index contributed by atoms with van der Waals surface area (Å²) in [6.07, 6.45) is 4.81. The van der Waals surface area contributed by atoms with E-state index in [9.17, 15) is 9.59 Å². The SMILES string of the molecule is COCCn1cc(NC(=O)/C=C/C(=O)O)cn1. The highest BCUT2D eigenvalue weighted by Crippen LogP contribution is 2.04. The number of amides is 1. The molecule has 0 aliphatic heterocycles. The molecule has 0 aliphatic carbocycles. The number of nitrogens with one attached hydrogen (secondary N) is 1. The van der Waals surface area contributed by atoms with Crippen LogP contribution < -0.4 is 5.32 Å². The Morgan fingerprint density at radius 2 is 2.35 bits per heavy atom. The van der Waals surface area contributed by atoms with Crippen molar-refractivity contribution in [2.24, 2.45) is 0 Å². The summed E-state index contributed by atoms with van der Waals surface area (Å²) in [6, 6.07) is 0. The summed E-state index contributed by atoms with van der Waals surface area (Å²) in [4.78, 5) is 21.4. The number of rotatable bonds is 6. The molecule has 0 atom stereocenters. The van der Waals surface area contributed by atoms with E-state index in [1.165, 1.54) is 6.20 Å². The van der Waals surface area contributed by atoms with Gasteiger partial charge in [0.1, 0.15) is 0 Å². The van der Waals surface area contributed by atoms with Gasteiger partial charge in [-0.2, -0.15) is 5.10 Å². The van der Waals surface area contributed by atoms with Crippen molar-refractivity contribution in [3.8, 4) is 0 Å². The first-order valence-corrected chi connectivity index (χ1v) is 4.85. The number of aromatic nitrogens is 2. The second-order valence-corrected chi connectivity index (χ2v) is 3.15. The number of hydrogen-bond donors (Lipinski definition) is 2. The van der Waals surface area contributed by atoms with E-state index in [0.717, 1.165) is 12.2 Å². The van der Waals surface area contributed by atoms with Crippen molar-refractivity contribution in [1.29, 1.82) is 0 Å². The third kappa shape index (κ3) is 4.94. The highest BCUT2D eigenvalue weighted by molar-refractivity contribution is 6.02. The van der Waals surface area contributed by atoms with Crippen LogP contribution in [0.1, 0.15) is 0 Å². The summed E-state index contributed by atoms with van der Waals surface area (Å²) >= 11 is 0. The van der Waals surface area contributed by atoms with Crippen molar-refractivity contribution in [3.05, 3.63) is 24.5 Å². The second kappa shape index (κ2) is 6.44. The molecule has 0 spiro atoms. The van der Waals surface area contributed by atoms with Crippen molar-refractivity contribution < 1.29 is 19.4 Å². The molecular weight excluding hydrogens is 226 g/mol. The van der Waals surface area contributed by atoms with Crippen LogP contribution >= 0.6 is 0 Å². The van der Waals surface area contributed by atoms with Crippen molar-refractivity contribution in [2.75, 3.05) is 19.0 Å². The topological polar surface area (TPSA) is 93.5 Å². The lowest BCUT2D eigenvalue weighted by atomic mass is 10.4. The van der Waals surface area contributed by atoms with E-state index >= 15 is 0 Å². The highest BCUT2D eigenvalue weighted by Gasteiger charge is 2.01. The molecule has 0 unspecified atom stereocenters. The number of hydrogen-bond acceptors (Lipinski definition) is 4. The maximum Gasteiger partial charge on any atom is 0.328 e. The third-order valence-electron chi connectivity index (χ3n) is 1.80. The molecule has 0 aromatic carbocycles. The van der Waals surface area contributed by atoms with E-state index in [-0.39, 0.29) is 0 Å². The largest absolute Gasteiger partial charge is 0.478 e. The minimum atomic E-state index is -1.17. The molecule has 1 heterocycles. The molecule has 0 aliphatic rings. The number of ether oxygens (including phenoxy) is 1. The molecule has 7 heteroatoms. The van der Waals surface area contributed by atoms with Crippen LogP contribution in [-0.2, 0) is 20.9 Å². The second-order valence-electron chi connectivity index (χ2n) is 3.15. The van der Waals surface area contributed by atoms with E-state index in [1.54, 1.807) is 18.0 Å². The van der Waals surface area contributed by atoms with Crippen LogP contribution in [0.15, 0.2) is 24.5 Å². The molecule has 1 aromatic rings. The summed E-state index contributed by atoms with van der Waals surface area (Å²) in [5.74, 6) is -1.69. The van der Waals surface area contributed by atoms with Gasteiger partial charge in [0.2, 0.25) is 5.91 Å². The number of methoxy groups -OCH3 is 1. The monoisotopic (exact) mass is 239 g/mol. The molecule has 1 rings (SSSR count). The summed E-state index contributed by atoms with van der Waals surface area (Å²) in [5.41, 5.74) is 0.501. The molecule has 0 bridgehead atoms. The van der Waals surface area contributed by atoms with Gasteiger partial charge in [0.05, 0.1) is 25.0 Å². The molecule has 1 amide bonds. The Morgan fingerprint density at radius 3 is 3.00 bits per heavy atom. The predicted octanol–water partition coefficient (Wildman–Crippen LogP) is 0.109. The van der Waals surface area contributed by atoms with Crippen LogP contribution in [0, 0.1) is 0 Å². The first kappa shape index (κ1) is 12.9. The summed E-state index contributed by atoms with van der Waals surface area (Å²) in [7, 11) is 1.59. The van der Waals surface area contributed by atoms with Gasteiger partial charge in [-0.25, -0.2) is 4.79 Å². The summed E-state index contributed by atoms with van der Waals surface area (Å²) in [5, 5.41) is 14.8. The van der Waals surface area contributed by atoms with Crippen molar-refractivity contribution >= 4 is 17.6 Å². The zero-order valence-electron chi connectivity index (χ0n) is 9.29. The number of carboxylic acids is 1. The number of nitrogens with zero attached hydrogens (tertiary/aromatic N) is 2. The van der Waals surface area contributed by atoms with Crippen LogP contribution in [0.2, 0.25) is 0 Å². The van der Waals surface area contributed by atoms with Crippen LogP contribution in [0.5, 0.6) is 0 Å².